The molecule has 3 heterocycles. The first-order valence-corrected chi connectivity index (χ1v) is 11.6. The lowest BCUT2D eigenvalue weighted by Crippen LogP contribution is -2.28. The Morgan fingerprint density at radius 2 is 2.06 bits per heavy atom. The third-order valence-corrected chi connectivity index (χ3v) is 6.17. The van der Waals surface area contributed by atoms with Crippen LogP contribution in [0.15, 0.2) is 29.3 Å². The molecule has 4 rings (SSSR count). The van der Waals surface area contributed by atoms with Gasteiger partial charge in [-0.15, -0.1) is 0 Å². The van der Waals surface area contributed by atoms with Crippen LogP contribution < -0.4 is 15.4 Å². The van der Waals surface area contributed by atoms with Gasteiger partial charge in [-0.25, -0.2) is 8.42 Å². The van der Waals surface area contributed by atoms with Gasteiger partial charge in [0, 0.05) is 37.8 Å². The number of nitrogens with one attached hydrogen (secondary N) is 3. The van der Waals surface area contributed by atoms with Crippen molar-refractivity contribution in [2.45, 2.75) is 23.8 Å². The molecule has 3 N–H and O–H groups in total. The molecule has 2 aromatic heterocycles. The van der Waals surface area contributed by atoms with Crippen LogP contribution in [0.2, 0.25) is 0 Å². The van der Waals surface area contributed by atoms with E-state index in [-0.39, 0.29) is 16.9 Å². The van der Waals surface area contributed by atoms with Gasteiger partial charge in [-0.1, -0.05) is 0 Å². The summed E-state index contributed by atoms with van der Waals surface area (Å²) in [6.45, 7) is 1.33. The maximum absolute atomic E-state index is 11.8. The van der Waals surface area contributed by atoms with E-state index in [1.165, 1.54) is 19.2 Å². The van der Waals surface area contributed by atoms with Crippen LogP contribution in [-0.2, 0) is 14.6 Å². The van der Waals surface area contributed by atoms with Gasteiger partial charge in [0.1, 0.15) is 23.3 Å². The molecule has 1 aliphatic rings. The zero-order valence-corrected chi connectivity index (χ0v) is 17.9. The number of sulfone groups is 1. The first kappa shape index (κ1) is 20.9. The fraction of sp³-hybridized carbons (Fsp3) is 0.350. The Morgan fingerprint density at radius 3 is 2.74 bits per heavy atom. The van der Waals surface area contributed by atoms with Crippen LogP contribution in [0.25, 0.3) is 11.0 Å². The highest BCUT2D eigenvalue weighted by molar-refractivity contribution is 7.90. The molecule has 0 radical (unpaired) electrons. The number of hydrogen-bond acceptors (Lipinski definition) is 9. The summed E-state index contributed by atoms with van der Waals surface area (Å²) in [6, 6.07) is 6.87. The number of fused-ring (bicyclic) bond motifs is 1. The van der Waals surface area contributed by atoms with Crippen molar-refractivity contribution in [3.05, 3.63) is 30.0 Å². The van der Waals surface area contributed by atoms with Gasteiger partial charge in [0.25, 0.3) is 0 Å². The quantitative estimate of drug-likeness (QED) is 0.525. The molecule has 1 aliphatic heterocycles. The summed E-state index contributed by atoms with van der Waals surface area (Å²) in [6.07, 6.45) is 4.40. The Morgan fingerprint density at radius 1 is 1.29 bits per heavy atom. The first-order valence-electron chi connectivity index (χ1n) is 9.67. The number of hydrogen-bond donors (Lipinski definition) is 3. The van der Waals surface area contributed by atoms with Crippen molar-refractivity contribution in [3.63, 3.8) is 0 Å². The molecule has 0 spiro atoms. The Hall–Kier alpha value is -3.36. The highest BCUT2D eigenvalue weighted by atomic mass is 32.2. The van der Waals surface area contributed by atoms with Crippen molar-refractivity contribution in [2.75, 3.05) is 37.2 Å². The second-order valence-electron chi connectivity index (χ2n) is 7.22. The van der Waals surface area contributed by atoms with Crippen LogP contribution in [0.1, 0.15) is 18.4 Å². The second-order valence-corrected chi connectivity index (χ2v) is 9.24. The Kier molecular flexibility index (Phi) is 5.67. The molecule has 1 aromatic carbocycles. The van der Waals surface area contributed by atoms with Gasteiger partial charge >= 0.3 is 0 Å². The predicted molar refractivity (Wildman–Crippen MR) is 115 cm³/mol. The molecule has 0 aliphatic carbocycles. The minimum atomic E-state index is -3.37. The van der Waals surface area contributed by atoms with Gasteiger partial charge in [0.15, 0.2) is 9.84 Å². The highest BCUT2D eigenvalue weighted by Crippen LogP contribution is 2.32. The Balaban J connectivity index is 1.72. The van der Waals surface area contributed by atoms with Crippen molar-refractivity contribution in [3.8, 4) is 11.8 Å². The van der Waals surface area contributed by atoms with Crippen LogP contribution in [0, 0.1) is 11.3 Å². The summed E-state index contributed by atoms with van der Waals surface area (Å²) in [5, 5.41) is 16.6. The second kappa shape index (κ2) is 8.41. The number of aromatic nitrogens is 3. The lowest BCUT2D eigenvalue weighted by molar-refractivity contribution is 0.0904. The van der Waals surface area contributed by atoms with Crippen LogP contribution in [0.5, 0.6) is 5.75 Å². The fourth-order valence-electron chi connectivity index (χ4n) is 3.44. The van der Waals surface area contributed by atoms with Gasteiger partial charge in [-0.2, -0.15) is 15.2 Å². The molecular formula is C20H22N6O4S. The third-order valence-electron chi connectivity index (χ3n) is 5.06. The summed E-state index contributed by atoms with van der Waals surface area (Å²) in [5.41, 5.74) is 1.47. The predicted octanol–water partition coefficient (Wildman–Crippen LogP) is 2.58. The number of nitriles is 1. The number of ether oxygens (including phenoxy) is 2. The molecule has 31 heavy (non-hydrogen) atoms. The Labute approximate surface area is 179 Å². The summed E-state index contributed by atoms with van der Waals surface area (Å²) < 4.78 is 34.4. The molecule has 0 saturated carbocycles. The average Bonchev–Trinajstić information content (AvgIpc) is 3.17. The maximum Gasteiger partial charge on any atom is 0.231 e. The van der Waals surface area contributed by atoms with Crippen LogP contribution >= 0.6 is 0 Å². The van der Waals surface area contributed by atoms with Crippen molar-refractivity contribution in [1.29, 1.82) is 5.26 Å². The van der Waals surface area contributed by atoms with E-state index < -0.39 is 9.84 Å². The van der Waals surface area contributed by atoms with Crippen molar-refractivity contribution in [2.24, 2.45) is 0 Å². The van der Waals surface area contributed by atoms with E-state index in [0.29, 0.717) is 47.1 Å². The monoisotopic (exact) mass is 442 g/mol. The van der Waals surface area contributed by atoms with Gasteiger partial charge < -0.3 is 25.1 Å². The van der Waals surface area contributed by atoms with Crippen molar-refractivity contribution >= 4 is 38.3 Å². The SMILES string of the molecule is COc1cc(S(C)(=O)=O)ccc1Nc1nc(NC2CCOCC2)c2c(C#N)c[nH]c2n1. The highest BCUT2D eigenvalue weighted by Gasteiger charge is 2.20. The fourth-order valence-corrected chi connectivity index (χ4v) is 4.08. The number of nitrogens with zero attached hydrogens (tertiary/aromatic N) is 3. The smallest absolute Gasteiger partial charge is 0.231 e. The number of methoxy groups -OCH3 is 1. The molecule has 3 aromatic rings. The molecule has 10 nitrogen and oxygen atoms in total. The zero-order valence-electron chi connectivity index (χ0n) is 17.1. The molecule has 1 saturated heterocycles. The molecular weight excluding hydrogens is 420 g/mol. The van der Waals surface area contributed by atoms with E-state index in [2.05, 4.69) is 31.7 Å². The van der Waals surface area contributed by atoms with Crippen LogP contribution in [-0.4, -0.2) is 56.0 Å². The number of anilines is 3. The molecule has 1 fully saturated rings. The maximum atomic E-state index is 11.8. The van der Waals surface area contributed by atoms with Crippen molar-refractivity contribution < 1.29 is 17.9 Å². The number of H-pyrrole nitrogens is 1. The largest absolute Gasteiger partial charge is 0.495 e. The molecule has 0 amide bonds. The minimum absolute atomic E-state index is 0.149. The lowest BCUT2D eigenvalue weighted by Gasteiger charge is -2.24. The Bertz CT molecular complexity index is 1260. The molecule has 0 unspecified atom stereocenters. The number of rotatable bonds is 6. The van der Waals surface area contributed by atoms with Gasteiger partial charge in [-0.3, -0.25) is 0 Å². The topological polar surface area (TPSA) is 142 Å². The lowest BCUT2D eigenvalue weighted by atomic mass is 10.1. The van der Waals surface area contributed by atoms with E-state index in [1.54, 1.807) is 12.3 Å². The first-order chi connectivity index (χ1) is 14.9. The number of aromatic amines is 1. The number of benzene rings is 1. The summed E-state index contributed by atoms with van der Waals surface area (Å²) in [7, 11) is -1.91. The van der Waals surface area contributed by atoms with E-state index in [1.807, 2.05) is 0 Å². The van der Waals surface area contributed by atoms with E-state index >= 15 is 0 Å². The molecule has 11 heteroatoms. The summed E-state index contributed by atoms with van der Waals surface area (Å²) in [5.74, 6) is 1.16. The van der Waals surface area contributed by atoms with Gasteiger partial charge in [-0.05, 0) is 25.0 Å². The van der Waals surface area contributed by atoms with E-state index in [4.69, 9.17) is 9.47 Å². The minimum Gasteiger partial charge on any atom is -0.495 e. The normalized spacial score (nSPS) is 14.9. The van der Waals surface area contributed by atoms with Crippen molar-refractivity contribution in [1.82, 2.24) is 15.0 Å². The summed E-state index contributed by atoms with van der Waals surface area (Å²) >= 11 is 0. The molecule has 0 atom stereocenters. The third kappa shape index (κ3) is 4.40. The van der Waals surface area contributed by atoms with Crippen LogP contribution in [0.3, 0.4) is 0 Å². The summed E-state index contributed by atoms with van der Waals surface area (Å²) in [4.78, 5) is 12.2. The van der Waals surface area contributed by atoms with E-state index in [0.717, 1.165) is 19.1 Å². The van der Waals surface area contributed by atoms with E-state index in [9.17, 15) is 13.7 Å². The zero-order chi connectivity index (χ0) is 22.0. The van der Waals surface area contributed by atoms with Gasteiger partial charge in [0.05, 0.1) is 28.6 Å². The van der Waals surface area contributed by atoms with Crippen LogP contribution in [0.4, 0.5) is 17.5 Å². The van der Waals surface area contributed by atoms with Gasteiger partial charge in [0.2, 0.25) is 5.95 Å². The average molecular weight is 443 g/mol. The standard InChI is InChI=1S/C20H22N6O4S/c1-29-16-9-14(31(2,27)28)3-4-15(16)24-20-25-18-17(12(10-21)11-22-18)19(26-20)23-13-5-7-30-8-6-13/h3-4,9,11,13H,5-8H2,1-2H3,(H3,22,23,24,25,26). The molecule has 0 bridgehead atoms. The molecule has 162 valence electrons.